The Morgan fingerprint density at radius 3 is 1.88 bits per heavy atom. The third-order valence-electron chi connectivity index (χ3n) is 2.17. The Labute approximate surface area is 96.4 Å². The molecule has 98 valence electrons. The normalized spacial score (nSPS) is 28.4. The van der Waals surface area contributed by atoms with Gasteiger partial charge in [0.15, 0.2) is 5.60 Å². The van der Waals surface area contributed by atoms with Crippen LogP contribution in [0, 0.1) is 5.92 Å². The number of rotatable bonds is 0. The molecule has 2 atom stereocenters. The van der Waals surface area contributed by atoms with E-state index in [0.717, 1.165) is 6.08 Å². The van der Waals surface area contributed by atoms with E-state index in [1.807, 2.05) is 34.6 Å². The van der Waals surface area contributed by atoms with Crippen molar-refractivity contribution >= 4 is 0 Å². The first-order valence-corrected chi connectivity index (χ1v) is 5.84. The Bertz CT molecular complexity index is 199. The molecule has 0 amide bonds. The van der Waals surface area contributed by atoms with Gasteiger partial charge in [0.25, 0.3) is 0 Å². The fourth-order valence-corrected chi connectivity index (χ4v) is 1.19. The zero-order chi connectivity index (χ0) is 13.4. The molecule has 16 heavy (non-hydrogen) atoms. The van der Waals surface area contributed by atoms with Crippen molar-refractivity contribution in [3.8, 4) is 0 Å². The van der Waals surface area contributed by atoms with E-state index in [4.69, 9.17) is 5.11 Å². The van der Waals surface area contributed by atoms with Crippen LogP contribution in [0.4, 0.5) is 13.2 Å². The van der Waals surface area contributed by atoms with E-state index in [2.05, 4.69) is 0 Å². The summed E-state index contributed by atoms with van der Waals surface area (Å²) in [4.78, 5) is 0. The van der Waals surface area contributed by atoms with Crippen molar-refractivity contribution in [2.45, 2.75) is 59.2 Å². The number of alkyl halides is 3. The van der Waals surface area contributed by atoms with E-state index >= 15 is 0 Å². The zero-order valence-corrected chi connectivity index (χ0v) is 10.7. The third kappa shape index (κ3) is 5.01. The lowest BCUT2D eigenvalue weighted by Crippen LogP contribution is -2.44. The van der Waals surface area contributed by atoms with Gasteiger partial charge in [-0.3, -0.25) is 0 Å². The van der Waals surface area contributed by atoms with Crippen LogP contribution in [0.5, 0.6) is 0 Å². The summed E-state index contributed by atoms with van der Waals surface area (Å²) >= 11 is 0. The molecule has 1 aliphatic rings. The van der Waals surface area contributed by atoms with Gasteiger partial charge in [-0.05, 0) is 24.8 Å². The second kappa shape index (κ2) is 7.71. The Hall–Kier alpha value is -0.510. The lowest BCUT2D eigenvalue weighted by molar-refractivity contribution is -0.244. The number of halogens is 3. The van der Waals surface area contributed by atoms with E-state index in [0.29, 0.717) is 6.42 Å². The van der Waals surface area contributed by atoms with Gasteiger partial charge in [0.05, 0.1) is 0 Å². The van der Waals surface area contributed by atoms with Crippen LogP contribution in [0.25, 0.3) is 0 Å². The van der Waals surface area contributed by atoms with Gasteiger partial charge >= 0.3 is 6.18 Å². The molecule has 0 fully saturated rings. The van der Waals surface area contributed by atoms with Gasteiger partial charge in [-0.25, -0.2) is 0 Å². The fourth-order valence-electron chi connectivity index (χ4n) is 1.19. The lowest BCUT2D eigenvalue weighted by atomic mass is 9.86. The largest absolute Gasteiger partial charge is 0.420 e. The Kier molecular flexibility index (Phi) is 8.62. The second-order valence-electron chi connectivity index (χ2n) is 3.30. The molecule has 0 saturated heterocycles. The third-order valence-corrected chi connectivity index (χ3v) is 2.17. The highest BCUT2D eigenvalue weighted by Crippen LogP contribution is 2.38. The van der Waals surface area contributed by atoms with Gasteiger partial charge in [0, 0.05) is 0 Å². The SMILES string of the molecule is CC.CC.CC1C=CC(O)(C(F)(F)F)CC1. The predicted octanol–water partition coefficient (Wildman–Crippen LogP) is 4.32. The van der Waals surface area contributed by atoms with Crippen molar-refractivity contribution in [1.82, 2.24) is 0 Å². The van der Waals surface area contributed by atoms with Gasteiger partial charge in [-0.15, -0.1) is 0 Å². The van der Waals surface area contributed by atoms with E-state index < -0.39 is 11.8 Å². The van der Waals surface area contributed by atoms with Crippen LogP contribution in [0.15, 0.2) is 12.2 Å². The maximum atomic E-state index is 12.2. The van der Waals surface area contributed by atoms with Crippen LogP contribution in [0.1, 0.15) is 47.5 Å². The van der Waals surface area contributed by atoms with Crippen LogP contribution < -0.4 is 0 Å². The first-order valence-electron chi connectivity index (χ1n) is 5.84. The van der Waals surface area contributed by atoms with Crippen molar-refractivity contribution in [2.75, 3.05) is 0 Å². The minimum Gasteiger partial charge on any atom is -0.377 e. The van der Waals surface area contributed by atoms with Gasteiger partial charge in [0.2, 0.25) is 0 Å². The lowest BCUT2D eigenvalue weighted by Gasteiger charge is -2.31. The first kappa shape index (κ1) is 17.9. The molecule has 0 spiro atoms. The van der Waals surface area contributed by atoms with Gasteiger partial charge in [0.1, 0.15) is 0 Å². The molecular weight excluding hydrogens is 217 g/mol. The van der Waals surface area contributed by atoms with E-state index in [9.17, 15) is 13.2 Å². The summed E-state index contributed by atoms with van der Waals surface area (Å²) in [5.41, 5.74) is -2.58. The van der Waals surface area contributed by atoms with E-state index in [-0.39, 0.29) is 12.3 Å². The summed E-state index contributed by atoms with van der Waals surface area (Å²) in [7, 11) is 0. The minimum atomic E-state index is -4.54. The van der Waals surface area contributed by atoms with Crippen LogP contribution in [-0.4, -0.2) is 16.9 Å². The van der Waals surface area contributed by atoms with Crippen molar-refractivity contribution in [1.29, 1.82) is 0 Å². The average molecular weight is 240 g/mol. The predicted molar refractivity (Wildman–Crippen MR) is 61.2 cm³/mol. The van der Waals surface area contributed by atoms with E-state index in [1.54, 1.807) is 0 Å². The second-order valence-corrected chi connectivity index (χ2v) is 3.30. The molecule has 0 heterocycles. The molecule has 4 heteroatoms. The molecule has 2 unspecified atom stereocenters. The first-order chi connectivity index (χ1) is 7.35. The molecule has 1 nitrogen and oxygen atoms in total. The Morgan fingerprint density at radius 2 is 1.62 bits per heavy atom. The monoisotopic (exact) mass is 240 g/mol. The van der Waals surface area contributed by atoms with Crippen LogP contribution in [0.2, 0.25) is 0 Å². The van der Waals surface area contributed by atoms with Gasteiger partial charge < -0.3 is 5.11 Å². The van der Waals surface area contributed by atoms with Crippen LogP contribution >= 0.6 is 0 Å². The topological polar surface area (TPSA) is 20.2 Å². The maximum Gasteiger partial charge on any atom is 0.420 e. The van der Waals surface area contributed by atoms with Crippen molar-refractivity contribution in [3.63, 3.8) is 0 Å². The van der Waals surface area contributed by atoms with Crippen LogP contribution in [0.3, 0.4) is 0 Å². The maximum absolute atomic E-state index is 12.2. The number of hydrogen-bond donors (Lipinski definition) is 1. The molecule has 0 aromatic heterocycles. The zero-order valence-electron chi connectivity index (χ0n) is 10.7. The standard InChI is InChI=1S/C8H11F3O.2C2H6/c1-6-2-4-7(12,5-3-6)8(9,10)11;2*1-2/h2,4,6,12H,3,5H2,1H3;2*1-2H3. The highest BCUT2D eigenvalue weighted by atomic mass is 19.4. The van der Waals surface area contributed by atoms with E-state index in [1.165, 1.54) is 6.08 Å². The summed E-state index contributed by atoms with van der Waals surface area (Å²) in [6.45, 7) is 9.83. The van der Waals surface area contributed by atoms with Crippen LogP contribution in [-0.2, 0) is 0 Å². The molecule has 1 rings (SSSR count). The summed E-state index contributed by atoms with van der Waals surface area (Å²) in [6.07, 6.45) is -2.11. The smallest absolute Gasteiger partial charge is 0.377 e. The average Bonchev–Trinajstić information content (AvgIpc) is 2.27. The Balaban J connectivity index is 0. The summed E-state index contributed by atoms with van der Waals surface area (Å²) in [5.74, 6) is 0.132. The molecule has 1 aliphatic carbocycles. The molecule has 0 saturated carbocycles. The highest BCUT2D eigenvalue weighted by molar-refractivity contribution is 5.10. The van der Waals surface area contributed by atoms with Gasteiger partial charge in [-0.1, -0.05) is 40.7 Å². The molecule has 0 aromatic rings. The molecule has 0 aromatic carbocycles. The Morgan fingerprint density at radius 1 is 1.19 bits per heavy atom. The molecule has 1 N–H and O–H groups in total. The number of hydrogen-bond acceptors (Lipinski definition) is 1. The van der Waals surface area contributed by atoms with Crippen molar-refractivity contribution in [3.05, 3.63) is 12.2 Å². The number of aliphatic hydroxyl groups is 1. The minimum absolute atomic E-state index is 0.132. The summed E-state index contributed by atoms with van der Waals surface area (Å²) in [6, 6.07) is 0. The molecule has 0 bridgehead atoms. The summed E-state index contributed by atoms with van der Waals surface area (Å²) < 4.78 is 36.5. The summed E-state index contributed by atoms with van der Waals surface area (Å²) in [5, 5.41) is 9.11. The van der Waals surface area contributed by atoms with Crippen molar-refractivity contribution < 1.29 is 18.3 Å². The highest BCUT2D eigenvalue weighted by Gasteiger charge is 2.52. The quantitative estimate of drug-likeness (QED) is 0.625. The number of allylic oxidation sites excluding steroid dienone is 1. The molecule has 0 radical (unpaired) electrons. The molecule has 0 aliphatic heterocycles. The van der Waals surface area contributed by atoms with Gasteiger partial charge in [-0.2, -0.15) is 13.2 Å². The van der Waals surface area contributed by atoms with Crippen molar-refractivity contribution in [2.24, 2.45) is 5.92 Å². The molecular formula is C12H23F3O. The fraction of sp³-hybridized carbons (Fsp3) is 0.833.